The quantitative estimate of drug-likeness (QED) is 0.446. The largest absolute Gasteiger partial charge is 0.487 e. The third-order valence-corrected chi connectivity index (χ3v) is 1.96. The number of ether oxygens (including phenoxy) is 1. The maximum absolute atomic E-state index is 10.7. The molecule has 0 radical (unpaired) electrons. The van der Waals surface area contributed by atoms with E-state index in [0.29, 0.717) is 12.4 Å². The molecule has 1 rings (SSSR count). The molecule has 3 N–H and O–H groups in total. The summed E-state index contributed by atoms with van der Waals surface area (Å²) in [5.74, 6) is 0.341. The molecule has 0 fully saturated rings. The fourth-order valence-electron chi connectivity index (χ4n) is 1.17. The van der Waals surface area contributed by atoms with Crippen LogP contribution in [0, 0.1) is 17.0 Å². The lowest BCUT2D eigenvalue weighted by Crippen LogP contribution is -2.50. The lowest BCUT2D eigenvalue weighted by molar-refractivity contribution is -0.386. The van der Waals surface area contributed by atoms with Gasteiger partial charge in [0.05, 0.1) is 18.1 Å². The molecule has 0 aromatic heterocycles. The molecule has 0 spiro atoms. The Morgan fingerprint density at radius 1 is 1.53 bits per heavy atom. The van der Waals surface area contributed by atoms with Crippen molar-refractivity contribution in [1.29, 1.82) is 0 Å². The highest BCUT2D eigenvalue weighted by Crippen LogP contribution is 2.27. The predicted octanol–water partition coefficient (Wildman–Crippen LogP) is 0.914. The number of nitrogens with zero attached hydrogens (tertiary/aromatic N) is 1. The van der Waals surface area contributed by atoms with Crippen LogP contribution in [-0.2, 0) is 0 Å². The van der Waals surface area contributed by atoms with Crippen molar-refractivity contribution in [2.45, 2.75) is 13.3 Å². The van der Waals surface area contributed by atoms with Gasteiger partial charge in [0.1, 0.15) is 0 Å². The molecule has 0 saturated carbocycles. The van der Waals surface area contributed by atoms with Gasteiger partial charge in [0.15, 0.2) is 5.75 Å². The first kappa shape index (κ1) is 11.5. The van der Waals surface area contributed by atoms with Gasteiger partial charge in [0.25, 0.3) is 0 Å². The third-order valence-electron chi connectivity index (χ3n) is 1.96. The SMILES string of the molecule is Cc1ccc([N+](=O)[O-])c(OCCC[NH3+])c1. The Hall–Kier alpha value is -1.62. The number of quaternary nitrogens is 1. The highest BCUT2D eigenvalue weighted by Gasteiger charge is 2.14. The minimum atomic E-state index is -0.432. The molecule has 0 bridgehead atoms. The Morgan fingerprint density at radius 3 is 2.87 bits per heavy atom. The van der Waals surface area contributed by atoms with E-state index in [4.69, 9.17) is 4.74 Å². The number of hydrogen-bond acceptors (Lipinski definition) is 3. The molecule has 1 aromatic carbocycles. The number of aryl methyl sites for hydroxylation is 1. The van der Waals surface area contributed by atoms with Crippen LogP contribution in [0.5, 0.6) is 5.75 Å². The molecule has 0 aliphatic heterocycles. The van der Waals surface area contributed by atoms with Crippen molar-refractivity contribution in [2.24, 2.45) is 0 Å². The van der Waals surface area contributed by atoms with Gasteiger partial charge in [-0.2, -0.15) is 0 Å². The summed E-state index contributed by atoms with van der Waals surface area (Å²) in [6.45, 7) is 3.10. The Morgan fingerprint density at radius 2 is 2.27 bits per heavy atom. The lowest BCUT2D eigenvalue weighted by Gasteiger charge is -2.05. The molecule has 0 amide bonds. The summed E-state index contributed by atoms with van der Waals surface area (Å²) >= 11 is 0. The van der Waals surface area contributed by atoms with Crippen LogP contribution in [0.4, 0.5) is 5.69 Å². The Bertz CT molecular complexity index is 353. The van der Waals surface area contributed by atoms with Crippen molar-refractivity contribution < 1.29 is 15.4 Å². The molecule has 0 aliphatic rings. The van der Waals surface area contributed by atoms with E-state index in [0.717, 1.165) is 18.5 Å². The van der Waals surface area contributed by atoms with Crippen molar-refractivity contribution >= 4 is 5.69 Å². The average Bonchev–Trinajstić information content (AvgIpc) is 2.18. The highest BCUT2D eigenvalue weighted by atomic mass is 16.6. The summed E-state index contributed by atoms with van der Waals surface area (Å²) in [5, 5.41) is 10.7. The van der Waals surface area contributed by atoms with Crippen LogP contribution in [0.1, 0.15) is 12.0 Å². The average molecular weight is 211 g/mol. The van der Waals surface area contributed by atoms with Crippen LogP contribution < -0.4 is 10.5 Å². The summed E-state index contributed by atoms with van der Waals surface area (Å²) in [7, 11) is 0. The van der Waals surface area contributed by atoms with Crippen LogP contribution in [0.15, 0.2) is 18.2 Å². The molecule has 82 valence electrons. The lowest BCUT2D eigenvalue weighted by atomic mass is 10.2. The number of nitro groups is 1. The van der Waals surface area contributed by atoms with Gasteiger partial charge in [-0.05, 0) is 18.6 Å². The standard InChI is InChI=1S/C10H14N2O3/c1-8-3-4-9(12(13)14)10(7-8)15-6-2-5-11/h3-4,7H,2,5-6,11H2,1H3/p+1. The summed E-state index contributed by atoms with van der Waals surface area (Å²) in [5.41, 5.74) is 4.65. The molecule has 0 unspecified atom stereocenters. The molecule has 1 aromatic rings. The Balaban J connectivity index is 2.82. The maximum Gasteiger partial charge on any atom is 0.310 e. The molecule has 5 nitrogen and oxygen atoms in total. The van der Waals surface area contributed by atoms with Crippen molar-refractivity contribution in [3.05, 3.63) is 33.9 Å². The fourth-order valence-corrected chi connectivity index (χ4v) is 1.17. The van der Waals surface area contributed by atoms with Gasteiger partial charge in [-0.25, -0.2) is 0 Å². The van der Waals surface area contributed by atoms with E-state index in [-0.39, 0.29) is 5.69 Å². The van der Waals surface area contributed by atoms with E-state index in [9.17, 15) is 10.1 Å². The van der Waals surface area contributed by atoms with E-state index < -0.39 is 4.92 Å². The highest BCUT2D eigenvalue weighted by molar-refractivity contribution is 5.48. The molecular weight excluding hydrogens is 196 g/mol. The second-order valence-corrected chi connectivity index (χ2v) is 3.28. The van der Waals surface area contributed by atoms with Crippen LogP contribution >= 0.6 is 0 Å². The topological polar surface area (TPSA) is 80.0 Å². The zero-order valence-corrected chi connectivity index (χ0v) is 8.73. The summed E-state index contributed by atoms with van der Waals surface area (Å²) in [6, 6.07) is 4.85. The van der Waals surface area contributed by atoms with E-state index in [1.54, 1.807) is 12.1 Å². The number of rotatable bonds is 5. The third kappa shape index (κ3) is 3.21. The second kappa shape index (κ2) is 5.31. The molecule has 5 heteroatoms. The molecule has 0 saturated heterocycles. The Kier molecular flexibility index (Phi) is 4.05. The van der Waals surface area contributed by atoms with E-state index in [1.165, 1.54) is 6.07 Å². The molecule has 0 heterocycles. The number of nitro benzene ring substituents is 1. The van der Waals surface area contributed by atoms with Crippen LogP contribution in [-0.4, -0.2) is 18.1 Å². The first-order chi connectivity index (χ1) is 7.15. The van der Waals surface area contributed by atoms with Gasteiger partial charge in [-0.15, -0.1) is 0 Å². The Labute approximate surface area is 88.0 Å². The monoisotopic (exact) mass is 211 g/mol. The predicted molar refractivity (Wildman–Crippen MR) is 55.7 cm³/mol. The van der Waals surface area contributed by atoms with E-state index in [1.807, 2.05) is 6.92 Å². The fraction of sp³-hybridized carbons (Fsp3) is 0.400. The van der Waals surface area contributed by atoms with E-state index in [2.05, 4.69) is 5.73 Å². The molecule has 0 atom stereocenters. The zero-order chi connectivity index (χ0) is 11.3. The van der Waals surface area contributed by atoms with Crippen molar-refractivity contribution in [3.8, 4) is 5.75 Å². The first-order valence-electron chi connectivity index (χ1n) is 4.82. The maximum atomic E-state index is 10.7. The summed E-state index contributed by atoms with van der Waals surface area (Å²) < 4.78 is 5.34. The molecule has 15 heavy (non-hydrogen) atoms. The van der Waals surface area contributed by atoms with Crippen molar-refractivity contribution in [2.75, 3.05) is 13.2 Å². The normalized spacial score (nSPS) is 10.0. The van der Waals surface area contributed by atoms with Gasteiger partial charge < -0.3 is 10.5 Å². The van der Waals surface area contributed by atoms with Gasteiger partial charge in [0, 0.05) is 12.5 Å². The minimum Gasteiger partial charge on any atom is -0.487 e. The summed E-state index contributed by atoms with van der Waals surface area (Å²) in [4.78, 5) is 10.2. The van der Waals surface area contributed by atoms with E-state index >= 15 is 0 Å². The molecule has 0 aliphatic carbocycles. The summed E-state index contributed by atoms with van der Waals surface area (Å²) in [6.07, 6.45) is 0.797. The second-order valence-electron chi connectivity index (χ2n) is 3.28. The van der Waals surface area contributed by atoms with Gasteiger partial charge >= 0.3 is 5.69 Å². The molecular formula is C10H15N2O3+. The zero-order valence-electron chi connectivity index (χ0n) is 8.73. The van der Waals surface area contributed by atoms with Crippen molar-refractivity contribution in [3.63, 3.8) is 0 Å². The first-order valence-corrected chi connectivity index (χ1v) is 4.82. The number of benzene rings is 1. The van der Waals surface area contributed by atoms with Crippen LogP contribution in [0.3, 0.4) is 0 Å². The number of hydrogen-bond donors (Lipinski definition) is 1. The smallest absolute Gasteiger partial charge is 0.310 e. The van der Waals surface area contributed by atoms with Gasteiger partial charge in [0.2, 0.25) is 0 Å². The van der Waals surface area contributed by atoms with Crippen molar-refractivity contribution in [1.82, 2.24) is 0 Å². The van der Waals surface area contributed by atoms with Crippen LogP contribution in [0.25, 0.3) is 0 Å². The van der Waals surface area contributed by atoms with Crippen LogP contribution in [0.2, 0.25) is 0 Å². The van der Waals surface area contributed by atoms with Gasteiger partial charge in [-0.3, -0.25) is 10.1 Å². The minimum absolute atomic E-state index is 0.0182. The van der Waals surface area contributed by atoms with Gasteiger partial charge in [-0.1, -0.05) is 6.07 Å².